The molecular formula is C12H17NO3. The van der Waals surface area contributed by atoms with Crippen LogP contribution in [0.3, 0.4) is 0 Å². The third-order valence-corrected chi connectivity index (χ3v) is 3.03. The van der Waals surface area contributed by atoms with Crippen molar-refractivity contribution in [1.82, 2.24) is 5.48 Å². The van der Waals surface area contributed by atoms with Gasteiger partial charge in [-0.25, -0.2) is 0 Å². The molecule has 0 amide bonds. The fraction of sp³-hybridized carbons (Fsp3) is 0.500. The Hall–Kier alpha value is -0.940. The molecule has 0 aromatic heterocycles. The largest absolute Gasteiger partial charge is 0.386 e. The van der Waals surface area contributed by atoms with Gasteiger partial charge in [-0.1, -0.05) is 30.3 Å². The van der Waals surface area contributed by atoms with Crippen molar-refractivity contribution in [3.63, 3.8) is 0 Å². The van der Waals surface area contributed by atoms with Crippen LogP contribution in [0.15, 0.2) is 30.3 Å². The highest BCUT2D eigenvalue weighted by Crippen LogP contribution is 2.37. The van der Waals surface area contributed by atoms with E-state index in [1.165, 1.54) is 0 Å². The molecule has 1 aromatic rings. The topological polar surface area (TPSA) is 61.7 Å². The molecule has 0 unspecified atom stereocenters. The Kier molecular flexibility index (Phi) is 2.75. The summed E-state index contributed by atoms with van der Waals surface area (Å²) in [5.74, 6) is 0. The van der Waals surface area contributed by atoms with Gasteiger partial charge in [-0.3, -0.25) is 4.84 Å². The first-order chi connectivity index (χ1) is 7.42. The summed E-state index contributed by atoms with van der Waals surface area (Å²) in [4.78, 5) is 5.32. The Labute approximate surface area is 94.8 Å². The number of hydrogen-bond donors (Lipinski definition) is 3. The van der Waals surface area contributed by atoms with Gasteiger partial charge in [0.2, 0.25) is 0 Å². The second-order valence-electron chi connectivity index (χ2n) is 4.74. The minimum Gasteiger partial charge on any atom is -0.386 e. The Morgan fingerprint density at radius 2 is 2.00 bits per heavy atom. The van der Waals surface area contributed by atoms with Gasteiger partial charge in [0.05, 0.1) is 0 Å². The zero-order valence-corrected chi connectivity index (χ0v) is 9.47. The first-order valence-electron chi connectivity index (χ1n) is 5.35. The standard InChI is InChI=1S/C12H17NO3/c1-11(2,14)12(15)8-10(16-13-12)9-6-4-3-5-7-9/h3-7,10,13-15H,8H2,1-2H3/t10-,12-/m1/s1. The Balaban J connectivity index is 2.15. The molecular weight excluding hydrogens is 206 g/mol. The summed E-state index contributed by atoms with van der Waals surface area (Å²) in [6.07, 6.45) is 0.0816. The second kappa shape index (κ2) is 3.82. The van der Waals surface area contributed by atoms with Crippen LogP contribution in [0, 0.1) is 0 Å². The van der Waals surface area contributed by atoms with Crippen molar-refractivity contribution in [2.45, 2.75) is 37.7 Å². The van der Waals surface area contributed by atoms with E-state index in [1.54, 1.807) is 13.8 Å². The Morgan fingerprint density at radius 3 is 2.50 bits per heavy atom. The normalized spacial score (nSPS) is 30.6. The third-order valence-electron chi connectivity index (χ3n) is 3.03. The van der Waals surface area contributed by atoms with Crippen molar-refractivity contribution >= 4 is 0 Å². The van der Waals surface area contributed by atoms with Crippen molar-refractivity contribution < 1.29 is 15.1 Å². The predicted octanol–water partition coefficient (Wildman–Crippen LogP) is 1.11. The van der Waals surface area contributed by atoms with Gasteiger partial charge in [-0.2, -0.15) is 5.48 Å². The average Bonchev–Trinajstić information content (AvgIpc) is 2.63. The van der Waals surface area contributed by atoms with Gasteiger partial charge in [0.1, 0.15) is 11.7 Å². The van der Waals surface area contributed by atoms with E-state index < -0.39 is 11.3 Å². The molecule has 0 radical (unpaired) electrons. The maximum absolute atomic E-state index is 10.2. The fourth-order valence-corrected chi connectivity index (χ4v) is 1.75. The van der Waals surface area contributed by atoms with Crippen LogP contribution >= 0.6 is 0 Å². The monoisotopic (exact) mass is 223 g/mol. The number of benzene rings is 1. The van der Waals surface area contributed by atoms with E-state index in [0.717, 1.165) is 5.56 Å². The van der Waals surface area contributed by atoms with Crippen LogP contribution in [0.5, 0.6) is 0 Å². The number of aliphatic hydroxyl groups is 2. The second-order valence-corrected chi connectivity index (χ2v) is 4.74. The Morgan fingerprint density at radius 1 is 1.38 bits per heavy atom. The first-order valence-corrected chi connectivity index (χ1v) is 5.35. The maximum atomic E-state index is 10.2. The van der Waals surface area contributed by atoms with Crippen LogP contribution in [0.4, 0.5) is 0 Å². The molecule has 3 N–H and O–H groups in total. The minimum atomic E-state index is -1.41. The molecule has 0 bridgehead atoms. The molecule has 0 saturated carbocycles. The van der Waals surface area contributed by atoms with Crippen LogP contribution in [-0.4, -0.2) is 21.5 Å². The smallest absolute Gasteiger partial charge is 0.168 e. The van der Waals surface area contributed by atoms with E-state index in [4.69, 9.17) is 4.84 Å². The highest BCUT2D eigenvalue weighted by atomic mass is 16.7. The van der Waals surface area contributed by atoms with E-state index in [2.05, 4.69) is 5.48 Å². The summed E-state index contributed by atoms with van der Waals surface area (Å²) in [6.45, 7) is 3.10. The van der Waals surface area contributed by atoms with Crippen LogP contribution in [0.25, 0.3) is 0 Å². The van der Waals surface area contributed by atoms with E-state index in [0.29, 0.717) is 6.42 Å². The van der Waals surface area contributed by atoms with Gasteiger partial charge in [-0.15, -0.1) is 0 Å². The molecule has 2 rings (SSSR count). The van der Waals surface area contributed by atoms with Gasteiger partial charge in [0.15, 0.2) is 5.72 Å². The zero-order valence-electron chi connectivity index (χ0n) is 9.47. The Bertz CT molecular complexity index is 360. The molecule has 1 aliphatic rings. The van der Waals surface area contributed by atoms with Crippen molar-refractivity contribution in [2.75, 3.05) is 0 Å². The minimum absolute atomic E-state index is 0.238. The van der Waals surface area contributed by atoms with Crippen molar-refractivity contribution in [3.8, 4) is 0 Å². The molecule has 4 heteroatoms. The van der Waals surface area contributed by atoms with Crippen LogP contribution in [-0.2, 0) is 4.84 Å². The summed E-state index contributed by atoms with van der Waals surface area (Å²) < 4.78 is 0. The summed E-state index contributed by atoms with van der Waals surface area (Å²) in [7, 11) is 0. The van der Waals surface area contributed by atoms with Gasteiger partial charge < -0.3 is 10.2 Å². The molecule has 1 saturated heterocycles. The molecule has 1 aliphatic heterocycles. The lowest BCUT2D eigenvalue weighted by molar-refractivity contribution is -0.173. The van der Waals surface area contributed by atoms with Crippen molar-refractivity contribution in [1.29, 1.82) is 0 Å². The molecule has 16 heavy (non-hydrogen) atoms. The molecule has 0 aliphatic carbocycles. The van der Waals surface area contributed by atoms with E-state index in [-0.39, 0.29) is 6.10 Å². The lowest BCUT2D eigenvalue weighted by Gasteiger charge is -2.33. The first kappa shape index (κ1) is 11.5. The number of hydrogen-bond acceptors (Lipinski definition) is 4. The van der Waals surface area contributed by atoms with Gasteiger partial charge in [0, 0.05) is 6.42 Å². The zero-order chi connectivity index (χ0) is 11.8. The van der Waals surface area contributed by atoms with Crippen LogP contribution < -0.4 is 5.48 Å². The number of rotatable bonds is 2. The quantitative estimate of drug-likeness (QED) is 0.703. The molecule has 1 heterocycles. The van der Waals surface area contributed by atoms with Gasteiger partial charge >= 0.3 is 0 Å². The molecule has 0 spiro atoms. The summed E-state index contributed by atoms with van der Waals surface area (Å²) in [5.41, 5.74) is 0.846. The lowest BCUT2D eigenvalue weighted by Crippen LogP contribution is -2.56. The predicted molar refractivity (Wildman–Crippen MR) is 59.3 cm³/mol. The number of nitrogens with one attached hydrogen (secondary N) is 1. The summed E-state index contributed by atoms with van der Waals surface area (Å²) in [5, 5.41) is 20.0. The molecule has 1 aromatic carbocycles. The van der Waals surface area contributed by atoms with Crippen LogP contribution in [0.1, 0.15) is 31.9 Å². The van der Waals surface area contributed by atoms with E-state index in [9.17, 15) is 10.2 Å². The van der Waals surface area contributed by atoms with E-state index in [1.807, 2.05) is 30.3 Å². The number of hydroxylamine groups is 1. The highest BCUT2D eigenvalue weighted by Gasteiger charge is 2.49. The molecule has 2 atom stereocenters. The SMILES string of the molecule is CC(C)(O)[C@]1(O)C[C@H](c2ccccc2)ON1. The lowest BCUT2D eigenvalue weighted by atomic mass is 9.89. The maximum Gasteiger partial charge on any atom is 0.168 e. The van der Waals surface area contributed by atoms with Crippen molar-refractivity contribution in [2.24, 2.45) is 0 Å². The fourth-order valence-electron chi connectivity index (χ4n) is 1.75. The van der Waals surface area contributed by atoms with Crippen molar-refractivity contribution in [3.05, 3.63) is 35.9 Å². The summed E-state index contributed by atoms with van der Waals surface area (Å²) in [6, 6.07) is 9.62. The van der Waals surface area contributed by atoms with E-state index >= 15 is 0 Å². The molecule has 4 nitrogen and oxygen atoms in total. The molecule has 1 fully saturated rings. The summed E-state index contributed by atoms with van der Waals surface area (Å²) >= 11 is 0. The van der Waals surface area contributed by atoms with Gasteiger partial charge in [0.25, 0.3) is 0 Å². The highest BCUT2D eigenvalue weighted by molar-refractivity contribution is 5.19. The molecule has 88 valence electrons. The van der Waals surface area contributed by atoms with Crippen LogP contribution in [0.2, 0.25) is 0 Å². The third kappa shape index (κ3) is 1.97. The average molecular weight is 223 g/mol. The van der Waals surface area contributed by atoms with Gasteiger partial charge in [-0.05, 0) is 19.4 Å².